The smallest absolute Gasteiger partial charge is 0.237 e. The van der Waals surface area contributed by atoms with E-state index in [-0.39, 0.29) is 0 Å². The minimum Gasteiger partial charge on any atom is -0.456 e. The Hall–Kier alpha value is -9.53. The number of benzene rings is 10. The number of hydrogen-bond donors (Lipinski definition) is 0. The first-order valence-electron chi connectivity index (χ1n) is 23.0. The summed E-state index contributed by atoms with van der Waals surface area (Å²) >= 11 is 0. The van der Waals surface area contributed by atoms with Crippen LogP contribution in [-0.4, -0.2) is 15.0 Å². The summed E-state index contributed by atoms with van der Waals surface area (Å²) in [5, 5.41) is 14.5. The zero-order valence-corrected chi connectivity index (χ0v) is 36.7. The normalized spacial score (nSPS) is 12.1. The number of aromatic nitrogens is 3. The number of rotatable bonds is 6. The van der Waals surface area contributed by atoms with Crippen molar-refractivity contribution in [3.8, 4) is 0 Å². The van der Waals surface area contributed by atoms with E-state index in [1.165, 1.54) is 0 Å². The zero-order chi connectivity index (χ0) is 45.2. The summed E-state index contributed by atoms with van der Waals surface area (Å²) in [7, 11) is 0. The summed E-state index contributed by atoms with van der Waals surface area (Å²) in [6.07, 6.45) is 3.74. The van der Waals surface area contributed by atoms with Crippen molar-refractivity contribution in [3.05, 3.63) is 213 Å². The molecule has 0 aliphatic carbocycles. The molecule has 0 amide bonds. The summed E-state index contributed by atoms with van der Waals surface area (Å²) < 4.78 is 19.8. The van der Waals surface area contributed by atoms with Crippen molar-refractivity contribution in [1.29, 1.82) is 0 Å². The molecule has 15 rings (SSSR count). The fourth-order valence-electron chi connectivity index (χ4n) is 10.6. The molecule has 5 aromatic heterocycles. The minimum absolute atomic E-state index is 0.444. The number of nitrogens with zero attached hydrogens (tertiary/aromatic N) is 5. The summed E-state index contributed by atoms with van der Waals surface area (Å²) in [6.45, 7) is 0. The van der Waals surface area contributed by atoms with Crippen LogP contribution in [0, 0.1) is 0 Å². The third-order valence-electron chi connectivity index (χ3n) is 13.7. The Morgan fingerprint density at radius 2 is 0.725 bits per heavy atom. The van der Waals surface area contributed by atoms with Gasteiger partial charge in [0, 0.05) is 73.7 Å². The van der Waals surface area contributed by atoms with Crippen LogP contribution < -0.4 is 9.80 Å². The van der Waals surface area contributed by atoms with Gasteiger partial charge in [0.25, 0.3) is 0 Å². The second-order valence-corrected chi connectivity index (χ2v) is 17.6. The van der Waals surface area contributed by atoms with Crippen LogP contribution in [0.25, 0.3) is 109 Å². The van der Waals surface area contributed by atoms with Crippen molar-refractivity contribution >= 4 is 144 Å². The van der Waals surface area contributed by atoms with Crippen LogP contribution in [0.1, 0.15) is 0 Å². The first-order chi connectivity index (χ1) is 34.2. The van der Waals surface area contributed by atoms with Gasteiger partial charge in [0.05, 0.1) is 33.5 Å². The highest BCUT2D eigenvalue weighted by Crippen LogP contribution is 2.47. The van der Waals surface area contributed by atoms with E-state index < -0.39 is 0 Å². The standard InChI is InChI=1S/C61H35N5O3/c1-5-17-42-36(13-1)29-37-14-2-6-18-43(37)58(42)65(40-25-27-48-46-21-9-11-23-52(46)67-54(48)31-40)57-33-56-50(34-62-57)51-35-63-61(64-60(51)69-56)66(41-26-28-49-47-22-10-12-24-53(47)68-55(49)32-41)59-44-19-7-3-15-38(44)30-39-16-4-8-20-45(39)59/h1-35H. The third-order valence-corrected chi connectivity index (χ3v) is 13.7. The SMILES string of the molecule is c1ccc2c(N(c3ccc4c(c3)oc3ccccc34)c3cc4oc5nc(N(c6ccc7c(c6)oc6ccccc67)c6c7ccccc7cc7ccccc67)ncc5c4cn3)c3ccccc3cc2c1. The van der Waals surface area contributed by atoms with Gasteiger partial charge in [-0.25, -0.2) is 9.97 Å². The van der Waals surface area contributed by atoms with Gasteiger partial charge < -0.3 is 13.3 Å². The molecule has 322 valence electrons. The second kappa shape index (κ2) is 14.5. The van der Waals surface area contributed by atoms with Crippen molar-refractivity contribution in [2.75, 3.05) is 9.80 Å². The molecule has 0 spiro atoms. The molecule has 69 heavy (non-hydrogen) atoms. The van der Waals surface area contributed by atoms with E-state index in [2.05, 4.69) is 168 Å². The Morgan fingerprint density at radius 3 is 1.26 bits per heavy atom. The number of para-hydroxylation sites is 2. The highest BCUT2D eigenvalue weighted by atomic mass is 16.3. The molecule has 0 saturated carbocycles. The highest BCUT2D eigenvalue weighted by molar-refractivity contribution is 6.17. The van der Waals surface area contributed by atoms with Crippen molar-refractivity contribution in [2.24, 2.45) is 0 Å². The van der Waals surface area contributed by atoms with Gasteiger partial charge in [-0.1, -0.05) is 133 Å². The Balaban J connectivity index is 0.949. The van der Waals surface area contributed by atoms with E-state index in [4.69, 9.17) is 28.2 Å². The number of furan rings is 3. The van der Waals surface area contributed by atoms with Gasteiger partial charge in [-0.3, -0.25) is 9.80 Å². The monoisotopic (exact) mass is 885 g/mol. The molecule has 5 heterocycles. The average Bonchev–Trinajstić information content (AvgIpc) is 4.09. The van der Waals surface area contributed by atoms with E-state index in [0.717, 1.165) is 120 Å². The summed E-state index contributed by atoms with van der Waals surface area (Å²) in [4.78, 5) is 20.1. The lowest BCUT2D eigenvalue weighted by Gasteiger charge is -2.27. The largest absolute Gasteiger partial charge is 0.456 e. The van der Waals surface area contributed by atoms with E-state index in [1.54, 1.807) is 0 Å². The summed E-state index contributed by atoms with van der Waals surface area (Å²) in [5.74, 6) is 1.13. The predicted octanol–water partition coefficient (Wildman–Crippen LogP) is 17.1. The summed E-state index contributed by atoms with van der Waals surface area (Å²) in [6, 6.07) is 69.5. The quantitative estimate of drug-likeness (QED) is 0.153. The van der Waals surface area contributed by atoms with Gasteiger partial charge in [0.15, 0.2) is 0 Å². The molecule has 0 fully saturated rings. The second-order valence-electron chi connectivity index (χ2n) is 17.6. The van der Waals surface area contributed by atoms with Gasteiger partial charge in [-0.2, -0.15) is 4.98 Å². The Labute approximate surface area is 392 Å². The topological polar surface area (TPSA) is 84.6 Å². The first-order valence-corrected chi connectivity index (χ1v) is 23.0. The fourth-order valence-corrected chi connectivity index (χ4v) is 10.6. The number of anilines is 6. The minimum atomic E-state index is 0.444. The Bertz CT molecular complexity index is 4210. The molecule has 0 saturated heterocycles. The lowest BCUT2D eigenvalue weighted by atomic mass is 9.99. The average molecular weight is 886 g/mol. The molecular weight excluding hydrogens is 851 g/mol. The Kier molecular flexibility index (Phi) is 7.91. The molecule has 15 aromatic rings. The van der Waals surface area contributed by atoms with E-state index in [0.29, 0.717) is 23.1 Å². The molecule has 0 atom stereocenters. The predicted molar refractivity (Wildman–Crippen MR) is 281 cm³/mol. The number of fused-ring (bicyclic) bond motifs is 13. The first kappa shape index (κ1) is 37.7. The third kappa shape index (κ3) is 5.72. The Morgan fingerprint density at radius 1 is 0.304 bits per heavy atom. The van der Waals surface area contributed by atoms with Crippen LogP contribution in [0.5, 0.6) is 0 Å². The molecule has 0 radical (unpaired) electrons. The lowest BCUT2D eigenvalue weighted by molar-refractivity contribution is 0.652. The number of pyridine rings is 1. The molecule has 10 aromatic carbocycles. The van der Waals surface area contributed by atoms with Crippen LogP contribution in [-0.2, 0) is 0 Å². The fraction of sp³-hybridized carbons (Fsp3) is 0. The van der Waals surface area contributed by atoms with Gasteiger partial charge in [-0.15, -0.1) is 0 Å². The molecule has 8 nitrogen and oxygen atoms in total. The van der Waals surface area contributed by atoms with Gasteiger partial charge >= 0.3 is 0 Å². The van der Waals surface area contributed by atoms with Gasteiger partial charge in [-0.05, 0) is 70.1 Å². The van der Waals surface area contributed by atoms with Crippen molar-refractivity contribution in [1.82, 2.24) is 15.0 Å². The molecule has 0 bridgehead atoms. The zero-order valence-electron chi connectivity index (χ0n) is 36.7. The van der Waals surface area contributed by atoms with Crippen LogP contribution in [0.3, 0.4) is 0 Å². The maximum atomic E-state index is 6.87. The number of hydrogen-bond acceptors (Lipinski definition) is 8. The van der Waals surface area contributed by atoms with Crippen LogP contribution >= 0.6 is 0 Å². The molecule has 0 aliphatic rings. The van der Waals surface area contributed by atoms with Gasteiger partial charge in [0.1, 0.15) is 33.7 Å². The van der Waals surface area contributed by atoms with E-state index in [1.807, 2.05) is 54.9 Å². The maximum absolute atomic E-state index is 6.87. The molecule has 0 aliphatic heterocycles. The molecular formula is C61H35N5O3. The van der Waals surface area contributed by atoms with Crippen LogP contribution in [0.4, 0.5) is 34.5 Å². The van der Waals surface area contributed by atoms with Crippen LogP contribution in [0.15, 0.2) is 226 Å². The van der Waals surface area contributed by atoms with Crippen molar-refractivity contribution < 1.29 is 13.3 Å². The lowest BCUT2D eigenvalue weighted by Crippen LogP contribution is -2.14. The molecule has 0 unspecified atom stereocenters. The maximum Gasteiger partial charge on any atom is 0.237 e. The van der Waals surface area contributed by atoms with Crippen LogP contribution in [0.2, 0.25) is 0 Å². The summed E-state index contributed by atoms with van der Waals surface area (Å²) in [5.41, 5.74) is 8.02. The molecule has 0 N–H and O–H groups in total. The van der Waals surface area contributed by atoms with Crippen molar-refractivity contribution in [3.63, 3.8) is 0 Å². The highest BCUT2D eigenvalue weighted by Gasteiger charge is 2.26. The van der Waals surface area contributed by atoms with Crippen molar-refractivity contribution in [2.45, 2.75) is 0 Å². The van der Waals surface area contributed by atoms with Gasteiger partial charge in [0.2, 0.25) is 11.7 Å². The van der Waals surface area contributed by atoms with E-state index >= 15 is 0 Å². The van der Waals surface area contributed by atoms with E-state index in [9.17, 15) is 0 Å². The molecule has 8 heteroatoms.